The van der Waals surface area contributed by atoms with E-state index in [2.05, 4.69) is 18.8 Å². The summed E-state index contributed by atoms with van der Waals surface area (Å²) < 4.78 is 6.50. The molecule has 0 radical (unpaired) electrons. The molecular formula is C15H23N3O3. The van der Waals surface area contributed by atoms with E-state index in [1.807, 2.05) is 4.90 Å². The number of methoxy groups -OCH3 is 1. The van der Waals surface area contributed by atoms with Crippen LogP contribution in [0.25, 0.3) is 0 Å². The molecule has 21 heavy (non-hydrogen) atoms. The molecule has 1 aliphatic rings. The zero-order valence-electron chi connectivity index (χ0n) is 12.9. The van der Waals surface area contributed by atoms with Crippen LogP contribution in [0, 0.1) is 11.8 Å². The maximum absolute atomic E-state index is 12.5. The van der Waals surface area contributed by atoms with Gasteiger partial charge in [-0.2, -0.15) is 0 Å². The number of hydrogen-bond acceptors (Lipinski definition) is 5. The van der Waals surface area contributed by atoms with Crippen LogP contribution in [0.1, 0.15) is 26.7 Å². The van der Waals surface area contributed by atoms with Crippen molar-refractivity contribution in [3.05, 3.63) is 22.7 Å². The van der Waals surface area contributed by atoms with E-state index in [1.54, 1.807) is 17.0 Å². The largest absolute Gasteiger partial charge is 0.469 e. The Hall–Kier alpha value is -1.85. The molecule has 1 saturated heterocycles. The molecule has 1 unspecified atom stereocenters. The van der Waals surface area contributed by atoms with Crippen LogP contribution in [-0.2, 0) is 16.1 Å². The van der Waals surface area contributed by atoms with Crippen molar-refractivity contribution in [2.75, 3.05) is 25.1 Å². The predicted octanol–water partition coefficient (Wildman–Crippen LogP) is 1.29. The molecule has 1 fully saturated rings. The third-order valence-electron chi connectivity index (χ3n) is 3.71. The second-order valence-corrected chi connectivity index (χ2v) is 5.91. The van der Waals surface area contributed by atoms with Crippen molar-refractivity contribution in [1.82, 2.24) is 9.55 Å². The molecule has 0 amide bonds. The van der Waals surface area contributed by atoms with E-state index in [-0.39, 0.29) is 17.4 Å². The predicted molar refractivity (Wildman–Crippen MR) is 80.3 cm³/mol. The van der Waals surface area contributed by atoms with E-state index in [9.17, 15) is 9.59 Å². The van der Waals surface area contributed by atoms with Gasteiger partial charge in [0.1, 0.15) is 0 Å². The smallest absolute Gasteiger partial charge is 0.310 e. The fourth-order valence-electron chi connectivity index (χ4n) is 2.72. The van der Waals surface area contributed by atoms with Gasteiger partial charge in [-0.05, 0) is 18.8 Å². The van der Waals surface area contributed by atoms with E-state index in [0.29, 0.717) is 24.8 Å². The zero-order chi connectivity index (χ0) is 15.4. The lowest BCUT2D eigenvalue weighted by atomic mass is 9.98. The van der Waals surface area contributed by atoms with Crippen molar-refractivity contribution in [3.8, 4) is 0 Å². The Bertz CT molecular complexity index is 553. The van der Waals surface area contributed by atoms with Gasteiger partial charge in [0, 0.05) is 32.0 Å². The first-order chi connectivity index (χ1) is 10.0. The molecule has 1 atom stereocenters. The average Bonchev–Trinajstić information content (AvgIpc) is 2.48. The Labute approximate surface area is 124 Å². The molecule has 1 aliphatic heterocycles. The lowest BCUT2D eigenvalue weighted by Crippen LogP contribution is -2.43. The summed E-state index contributed by atoms with van der Waals surface area (Å²) in [5, 5.41) is 0. The van der Waals surface area contributed by atoms with Crippen LogP contribution in [0.4, 0.5) is 5.82 Å². The van der Waals surface area contributed by atoms with Crippen molar-refractivity contribution in [2.45, 2.75) is 33.2 Å². The van der Waals surface area contributed by atoms with Gasteiger partial charge < -0.3 is 14.2 Å². The molecule has 1 aromatic heterocycles. The number of carbonyl (C=O) groups excluding carboxylic acids is 1. The Morgan fingerprint density at radius 3 is 2.95 bits per heavy atom. The van der Waals surface area contributed by atoms with E-state index < -0.39 is 0 Å². The topological polar surface area (TPSA) is 64.4 Å². The lowest BCUT2D eigenvalue weighted by molar-refractivity contribution is -0.145. The molecule has 0 saturated carbocycles. The first-order valence-electron chi connectivity index (χ1n) is 7.41. The first-order valence-corrected chi connectivity index (χ1v) is 7.41. The van der Waals surface area contributed by atoms with E-state index >= 15 is 0 Å². The normalized spacial score (nSPS) is 18.9. The Balaban J connectivity index is 2.21. The summed E-state index contributed by atoms with van der Waals surface area (Å²) in [5.74, 6) is 0.440. The molecule has 0 aromatic carbocycles. The Morgan fingerprint density at radius 1 is 1.52 bits per heavy atom. The molecule has 2 heterocycles. The standard InChI is InChI=1S/C15H23N3O3/c1-11(2)9-18-8-6-16-13(14(18)19)17-7-4-5-12(10-17)15(20)21-3/h6,8,11-12H,4-5,7,9-10H2,1-3H3. The molecular weight excluding hydrogens is 270 g/mol. The molecule has 0 N–H and O–H groups in total. The van der Waals surface area contributed by atoms with E-state index in [1.165, 1.54) is 7.11 Å². The van der Waals surface area contributed by atoms with Crippen molar-refractivity contribution < 1.29 is 9.53 Å². The van der Waals surface area contributed by atoms with Gasteiger partial charge in [0.05, 0.1) is 13.0 Å². The van der Waals surface area contributed by atoms with E-state index in [0.717, 1.165) is 19.4 Å². The number of anilines is 1. The number of aromatic nitrogens is 2. The molecule has 6 nitrogen and oxygen atoms in total. The van der Waals surface area contributed by atoms with Crippen LogP contribution in [0.15, 0.2) is 17.2 Å². The number of carbonyl (C=O) groups is 1. The first kappa shape index (κ1) is 15.5. The van der Waals surface area contributed by atoms with Crippen LogP contribution in [0.2, 0.25) is 0 Å². The monoisotopic (exact) mass is 293 g/mol. The van der Waals surface area contributed by atoms with Gasteiger partial charge in [-0.1, -0.05) is 13.8 Å². The van der Waals surface area contributed by atoms with Crippen LogP contribution >= 0.6 is 0 Å². The second-order valence-electron chi connectivity index (χ2n) is 5.91. The summed E-state index contributed by atoms with van der Waals surface area (Å²) >= 11 is 0. The quantitative estimate of drug-likeness (QED) is 0.783. The van der Waals surface area contributed by atoms with Gasteiger partial charge in [-0.3, -0.25) is 9.59 Å². The number of rotatable bonds is 4. The molecule has 2 rings (SSSR count). The highest BCUT2D eigenvalue weighted by Crippen LogP contribution is 2.20. The highest BCUT2D eigenvalue weighted by Gasteiger charge is 2.28. The summed E-state index contributed by atoms with van der Waals surface area (Å²) in [4.78, 5) is 30.3. The zero-order valence-corrected chi connectivity index (χ0v) is 12.9. The van der Waals surface area contributed by atoms with Crippen molar-refractivity contribution >= 4 is 11.8 Å². The molecule has 0 spiro atoms. The molecule has 0 aliphatic carbocycles. The maximum atomic E-state index is 12.5. The highest BCUT2D eigenvalue weighted by molar-refractivity contribution is 5.73. The minimum atomic E-state index is -0.210. The minimum absolute atomic E-state index is 0.0864. The fourth-order valence-corrected chi connectivity index (χ4v) is 2.72. The Kier molecular flexibility index (Phi) is 4.98. The minimum Gasteiger partial charge on any atom is -0.469 e. The fraction of sp³-hybridized carbons (Fsp3) is 0.667. The van der Waals surface area contributed by atoms with Crippen molar-refractivity contribution in [2.24, 2.45) is 11.8 Å². The lowest BCUT2D eigenvalue weighted by Gasteiger charge is -2.31. The average molecular weight is 293 g/mol. The van der Waals surface area contributed by atoms with Crippen LogP contribution in [0.5, 0.6) is 0 Å². The van der Waals surface area contributed by atoms with Crippen LogP contribution in [-0.4, -0.2) is 35.7 Å². The SMILES string of the molecule is COC(=O)C1CCCN(c2nccn(CC(C)C)c2=O)C1. The molecule has 1 aromatic rings. The summed E-state index contributed by atoms with van der Waals surface area (Å²) in [7, 11) is 1.40. The third kappa shape index (κ3) is 3.62. The number of ether oxygens (including phenoxy) is 1. The number of piperidine rings is 1. The number of esters is 1. The van der Waals surface area contributed by atoms with Gasteiger partial charge in [0.25, 0.3) is 5.56 Å². The van der Waals surface area contributed by atoms with Gasteiger partial charge >= 0.3 is 5.97 Å². The van der Waals surface area contributed by atoms with E-state index in [4.69, 9.17) is 4.74 Å². The van der Waals surface area contributed by atoms with Crippen LogP contribution < -0.4 is 10.5 Å². The van der Waals surface area contributed by atoms with Crippen molar-refractivity contribution in [1.29, 1.82) is 0 Å². The summed E-state index contributed by atoms with van der Waals surface area (Å²) in [6, 6.07) is 0. The Morgan fingerprint density at radius 2 is 2.29 bits per heavy atom. The number of nitrogens with zero attached hydrogens (tertiary/aromatic N) is 3. The third-order valence-corrected chi connectivity index (χ3v) is 3.71. The summed E-state index contributed by atoms with van der Waals surface area (Å²) in [6.07, 6.45) is 5.03. The summed E-state index contributed by atoms with van der Waals surface area (Å²) in [5.41, 5.74) is -0.0864. The highest BCUT2D eigenvalue weighted by atomic mass is 16.5. The van der Waals surface area contributed by atoms with Crippen molar-refractivity contribution in [3.63, 3.8) is 0 Å². The van der Waals surface area contributed by atoms with Crippen LogP contribution in [0.3, 0.4) is 0 Å². The molecule has 0 bridgehead atoms. The van der Waals surface area contributed by atoms with Gasteiger partial charge in [0.2, 0.25) is 0 Å². The summed E-state index contributed by atoms with van der Waals surface area (Å²) in [6.45, 7) is 6.06. The van der Waals surface area contributed by atoms with Gasteiger partial charge in [-0.15, -0.1) is 0 Å². The van der Waals surface area contributed by atoms with Gasteiger partial charge in [0.15, 0.2) is 5.82 Å². The second kappa shape index (κ2) is 6.74. The van der Waals surface area contributed by atoms with Gasteiger partial charge in [-0.25, -0.2) is 4.98 Å². The number of hydrogen-bond donors (Lipinski definition) is 0. The molecule has 116 valence electrons. The maximum Gasteiger partial charge on any atom is 0.310 e. The molecule has 6 heteroatoms.